The molecule has 1 N–H and O–H groups in total. The topological polar surface area (TPSA) is 70.5 Å². The lowest BCUT2D eigenvalue weighted by molar-refractivity contribution is 0.0696. The molecule has 0 aliphatic carbocycles. The van der Waals surface area contributed by atoms with E-state index in [1.807, 2.05) is 0 Å². The van der Waals surface area contributed by atoms with Gasteiger partial charge in [-0.05, 0) is 51.3 Å². The van der Waals surface area contributed by atoms with Gasteiger partial charge >= 0.3 is 5.97 Å². The Hall–Kier alpha value is -2.21. The molecule has 2 heterocycles. The molecule has 106 valence electrons. The summed E-state index contributed by atoms with van der Waals surface area (Å²) in [4.78, 5) is 29.2. The second-order valence-corrected chi connectivity index (χ2v) is 5.64. The van der Waals surface area contributed by atoms with Crippen molar-refractivity contribution in [2.45, 2.75) is 13.1 Å². The number of rotatable bonds is 2. The second kappa shape index (κ2) is 5.29. The summed E-state index contributed by atoms with van der Waals surface area (Å²) in [5.74, 6) is -1.13. The predicted octanol–water partition coefficient (Wildman–Crippen LogP) is 2.70. The van der Waals surface area contributed by atoms with Gasteiger partial charge in [0, 0.05) is 23.8 Å². The first kappa shape index (κ1) is 13.8. The number of amides is 1. The number of hydrogen-bond acceptors (Lipinski definition) is 3. The van der Waals surface area contributed by atoms with Crippen LogP contribution < -0.4 is 0 Å². The molecule has 0 unspecified atom stereocenters. The van der Waals surface area contributed by atoms with Crippen molar-refractivity contribution in [2.24, 2.45) is 0 Å². The summed E-state index contributed by atoms with van der Waals surface area (Å²) in [5.41, 5.74) is 2.45. The smallest absolute Gasteiger partial charge is 0.335 e. The largest absolute Gasteiger partial charge is 0.478 e. The summed E-state index contributed by atoms with van der Waals surface area (Å²) < 4.78 is 0.650. The fourth-order valence-corrected chi connectivity index (χ4v) is 2.79. The molecule has 1 amide bonds. The number of aromatic nitrogens is 1. The summed E-state index contributed by atoms with van der Waals surface area (Å²) in [6, 6.07) is 8.47. The van der Waals surface area contributed by atoms with Gasteiger partial charge in [0.05, 0.1) is 5.56 Å². The molecule has 0 radical (unpaired) electrons. The Morgan fingerprint density at radius 2 is 1.95 bits per heavy atom. The number of carboxylic acid groups (broad SMARTS) is 1. The van der Waals surface area contributed by atoms with E-state index in [1.54, 1.807) is 41.4 Å². The van der Waals surface area contributed by atoms with E-state index in [-0.39, 0.29) is 11.5 Å². The molecule has 3 rings (SSSR count). The third-order valence-electron chi connectivity index (χ3n) is 3.42. The average molecular weight is 347 g/mol. The molecule has 21 heavy (non-hydrogen) atoms. The van der Waals surface area contributed by atoms with Gasteiger partial charge in [-0.2, -0.15) is 0 Å². The molecule has 5 nitrogen and oxygen atoms in total. The van der Waals surface area contributed by atoms with Crippen LogP contribution in [0.1, 0.15) is 32.0 Å². The Balaban J connectivity index is 1.86. The maximum Gasteiger partial charge on any atom is 0.335 e. The third kappa shape index (κ3) is 2.54. The normalized spacial score (nSPS) is 13.1. The van der Waals surface area contributed by atoms with Crippen LogP contribution in [0.4, 0.5) is 0 Å². The van der Waals surface area contributed by atoms with Crippen molar-refractivity contribution in [3.05, 3.63) is 63.4 Å². The van der Waals surface area contributed by atoms with Crippen LogP contribution in [0.3, 0.4) is 0 Å². The Morgan fingerprint density at radius 1 is 1.19 bits per heavy atom. The number of carbonyl (C=O) groups excluding carboxylic acids is 1. The van der Waals surface area contributed by atoms with Crippen molar-refractivity contribution in [2.75, 3.05) is 0 Å². The molecule has 2 aromatic rings. The summed E-state index contributed by atoms with van der Waals surface area (Å²) in [7, 11) is 0. The van der Waals surface area contributed by atoms with E-state index < -0.39 is 5.97 Å². The zero-order valence-corrected chi connectivity index (χ0v) is 12.5. The van der Waals surface area contributed by atoms with Crippen LogP contribution in [0.5, 0.6) is 0 Å². The molecular formula is C15H11BrN2O3. The van der Waals surface area contributed by atoms with E-state index in [0.29, 0.717) is 23.3 Å². The quantitative estimate of drug-likeness (QED) is 0.907. The number of carbonyl (C=O) groups is 2. The van der Waals surface area contributed by atoms with Gasteiger partial charge in [0.1, 0.15) is 5.69 Å². The fourth-order valence-electron chi connectivity index (χ4n) is 2.36. The third-order valence-corrected chi connectivity index (χ3v) is 4.06. The fraction of sp³-hybridized carbons (Fsp3) is 0.133. The van der Waals surface area contributed by atoms with E-state index in [1.165, 1.54) is 0 Å². The molecule has 1 aromatic carbocycles. The van der Waals surface area contributed by atoms with Crippen molar-refractivity contribution in [1.82, 2.24) is 9.88 Å². The Morgan fingerprint density at radius 3 is 2.67 bits per heavy atom. The minimum atomic E-state index is -0.963. The molecule has 0 saturated heterocycles. The van der Waals surface area contributed by atoms with E-state index in [2.05, 4.69) is 20.9 Å². The minimum absolute atomic E-state index is 0.171. The number of benzene rings is 1. The van der Waals surface area contributed by atoms with Gasteiger partial charge < -0.3 is 10.0 Å². The SMILES string of the molecule is O=C(O)c1ccc2c(c1)CN(C(=O)c1ncccc1Br)C2. The number of carboxylic acids is 1. The van der Waals surface area contributed by atoms with Crippen LogP contribution in [0.15, 0.2) is 41.0 Å². The van der Waals surface area contributed by atoms with Gasteiger partial charge in [-0.15, -0.1) is 0 Å². The van der Waals surface area contributed by atoms with E-state index in [9.17, 15) is 9.59 Å². The van der Waals surface area contributed by atoms with E-state index in [4.69, 9.17) is 5.11 Å². The highest BCUT2D eigenvalue weighted by atomic mass is 79.9. The molecule has 1 aromatic heterocycles. The maximum atomic E-state index is 12.5. The van der Waals surface area contributed by atoms with Gasteiger partial charge in [0.25, 0.3) is 5.91 Å². The van der Waals surface area contributed by atoms with Crippen molar-refractivity contribution in [1.29, 1.82) is 0 Å². The summed E-state index contributed by atoms with van der Waals surface area (Å²) in [6.07, 6.45) is 1.57. The molecular weight excluding hydrogens is 336 g/mol. The molecule has 0 atom stereocenters. The van der Waals surface area contributed by atoms with Crippen LogP contribution >= 0.6 is 15.9 Å². The second-order valence-electron chi connectivity index (χ2n) is 4.78. The summed E-state index contributed by atoms with van der Waals surface area (Å²) in [6.45, 7) is 0.870. The van der Waals surface area contributed by atoms with Gasteiger partial charge in [-0.1, -0.05) is 6.07 Å². The van der Waals surface area contributed by atoms with Crippen molar-refractivity contribution in [3.63, 3.8) is 0 Å². The van der Waals surface area contributed by atoms with Crippen molar-refractivity contribution < 1.29 is 14.7 Å². The first-order chi connectivity index (χ1) is 10.1. The first-order valence-electron chi connectivity index (χ1n) is 6.31. The monoisotopic (exact) mass is 346 g/mol. The lowest BCUT2D eigenvalue weighted by Crippen LogP contribution is -2.26. The first-order valence-corrected chi connectivity index (χ1v) is 7.10. The number of aromatic carboxylic acids is 1. The standard InChI is InChI=1S/C15H11BrN2O3/c16-12-2-1-5-17-13(12)14(19)18-7-10-4-3-9(15(20)21)6-11(10)8-18/h1-6H,7-8H2,(H,20,21). The summed E-state index contributed by atoms with van der Waals surface area (Å²) >= 11 is 3.32. The van der Waals surface area contributed by atoms with Crippen LogP contribution in [0, 0.1) is 0 Å². The Labute approximate surface area is 129 Å². The molecule has 1 aliphatic rings. The molecule has 0 fully saturated rings. The van der Waals surface area contributed by atoms with Crippen molar-refractivity contribution in [3.8, 4) is 0 Å². The highest BCUT2D eigenvalue weighted by molar-refractivity contribution is 9.10. The van der Waals surface area contributed by atoms with E-state index in [0.717, 1.165) is 11.1 Å². The highest BCUT2D eigenvalue weighted by Crippen LogP contribution is 2.26. The zero-order chi connectivity index (χ0) is 15.0. The highest BCUT2D eigenvalue weighted by Gasteiger charge is 2.26. The maximum absolute atomic E-state index is 12.5. The molecule has 0 saturated carbocycles. The number of pyridine rings is 1. The summed E-state index contributed by atoms with van der Waals surface area (Å²) in [5, 5.41) is 9.01. The van der Waals surface area contributed by atoms with Gasteiger partial charge in [0.15, 0.2) is 0 Å². The average Bonchev–Trinajstić information content (AvgIpc) is 2.89. The van der Waals surface area contributed by atoms with Crippen LogP contribution in [0.2, 0.25) is 0 Å². The number of nitrogens with zero attached hydrogens (tertiary/aromatic N) is 2. The number of hydrogen-bond donors (Lipinski definition) is 1. The Kier molecular flexibility index (Phi) is 3.47. The Bertz CT molecular complexity index is 745. The zero-order valence-electron chi connectivity index (χ0n) is 10.9. The van der Waals surface area contributed by atoms with Crippen molar-refractivity contribution >= 4 is 27.8 Å². The lowest BCUT2D eigenvalue weighted by atomic mass is 10.1. The van der Waals surface area contributed by atoms with Crippen LogP contribution in [0.25, 0.3) is 0 Å². The van der Waals surface area contributed by atoms with Gasteiger partial charge in [0.2, 0.25) is 0 Å². The number of halogens is 1. The molecule has 1 aliphatic heterocycles. The molecule has 0 spiro atoms. The lowest BCUT2D eigenvalue weighted by Gasteiger charge is -2.15. The minimum Gasteiger partial charge on any atom is -0.478 e. The molecule has 6 heteroatoms. The number of fused-ring (bicyclic) bond motifs is 1. The van der Waals surface area contributed by atoms with Crippen LogP contribution in [-0.2, 0) is 13.1 Å². The van der Waals surface area contributed by atoms with Gasteiger partial charge in [-0.3, -0.25) is 4.79 Å². The van der Waals surface area contributed by atoms with Crippen LogP contribution in [-0.4, -0.2) is 26.9 Å². The van der Waals surface area contributed by atoms with Gasteiger partial charge in [-0.25, -0.2) is 9.78 Å². The van der Waals surface area contributed by atoms with E-state index >= 15 is 0 Å². The molecule has 0 bridgehead atoms. The predicted molar refractivity (Wildman–Crippen MR) is 78.9 cm³/mol.